The fourth-order valence-electron chi connectivity index (χ4n) is 1.97. The Hall–Kier alpha value is -2.02. The summed E-state index contributed by atoms with van der Waals surface area (Å²) in [6.07, 6.45) is 0. The van der Waals surface area contributed by atoms with E-state index in [2.05, 4.69) is 10.4 Å². The van der Waals surface area contributed by atoms with E-state index in [1.165, 1.54) is 11.6 Å². The first-order valence-electron chi connectivity index (χ1n) is 5.87. The molecule has 0 bridgehead atoms. The molecule has 1 heterocycles. The Labute approximate surface area is 120 Å². The zero-order valence-electron chi connectivity index (χ0n) is 11.3. The number of benzene rings is 1. The smallest absolute Gasteiger partial charge is 0.147 e. The van der Waals surface area contributed by atoms with Gasteiger partial charge in [0.15, 0.2) is 0 Å². The van der Waals surface area contributed by atoms with Crippen LogP contribution >= 0.6 is 12.2 Å². The molecule has 0 aliphatic heterocycles. The molecule has 0 amide bonds. The van der Waals surface area contributed by atoms with Gasteiger partial charge in [-0.3, -0.25) is 4.68 Å². The van der Waals surface area contributed by atoms with Crippen molar-refractivity contribution in [3.8, 4) is 0 Å². The van der Waals surface area contributed by atoms with Crippen LogP contribution in [0.15, 0.2) is 12.1 Å². The Morgan fingerprint density at radius 3 is 2.55 bits per heavy atom. The van der Waals surface area contributed by atoms with Gasteiger partial charge in [0.05, 0.1) is 16.9 Å². The number of nitrogens with zero attached hydrogens (tertiary/aromatic N) is 2. The molecule has 3 N–H and O–H groups in total. The van der Waals surface area contributed by atoms with Gasteiger partial charge in [-0.1, -0.05) is 12.2 Å². The van der Waals surface area contributed by atoms with Crippen molar-refractivity contribution in [2.24, 2.45) is 12.8 Å². The SMILES string of the molecule is Cc1cc(F)c(Nc2c(C(N)=S)c(C)nn2C)cc1F. The van der Waals surface area contributed by atoms with Crippen LogP contribution in [0.5, 0.6) is 0 Å². The molecule has 0 saturated heterocycles. The topological polar surface area (TPSA) is 55.9 Å². The summed E-state index contributed by atoms with van der Waals surface area (Å²) < 4.78 is 28.9. The Bertz CT molecular complexity index is 694. The third-order valence-electron chi connectivity index (χ3n) is 2.97. The number of hydrogen-bond acceptors (Lipinski definition) is 3. The minimum absolute atomic E-state index is 0.00796. The first-order valence-corrected chi connectivity index (χ1v) is 6.28. The highest BCUT2D eigenvalue weighted by Gasteiger charge is 2.17. The molecule has 4 nitrogen and oxygen atoms in total. The number of aryl methyl sites for hydroxylation is 3. The maximum atomic E-state index is 13.9. The number of anilines is 2. The van der Waals surface area contributed by atoms with Crippen LogP contribution in [0.1, 0.15) is 16.8 Å². The van der Waals surface area contributed by atoms with Crippen LogP contribution in [-0.2, 0) is 7.05 Å². The van der Waals surface area contributed by atoms with E-state index >= 15 is 0 Å². The fourth-order valence-corrected chi connectivity index (χ4v) is 2.21. The van der Waals surface area contributed by atoms with Gasteiger partial charge in [0, 0.05) is 13.1 Å². The second-order valence-electron chi connectivity index (χ2n) is 4.50. The van der Waals surface area contributed by atoms with Crippen molar-refractivity contribution in [2.75, 3.05) is 5.32 Å². The van der Waals surface area contributed by atoms with E-state index in [4.69, 9.17) is 18.0 Å². The normalized spacial score (nSPS) is 10.7. The van der Waals surface area contributed by atoms with Crippen LogP contribution in [0.25, 0.3) is 0 Å². The Kier molecular flexibility index (Phi) is 3.71. The van der Waals surface area contributed by atoms with E-state index in [-0.39, 0.29) is 16.2 Å². The van der Waals surface area contributed by atoms with Gasteiger partial charge >= 0.3 is 0 Å². The molecule has 1 aromatic heterocycles. The van der Waals surface area contributed by atoms with Crippen molar-refractivity contribution in [3.63, 3.8) is 0 Å². The van der Waals surface area contributed by atoms with Crippen molar-refractivity contribution in [1.82, 2.24) is 9.78 Å². The molecule has 0 spiro atoms. The second kappa shape index (κ2) is 5.16. The van der Waals surface area contributed by atoms with E-state index in [1.54, 1.807) is 14.0 Å². The summed E-state index contributed by atoms with van der Waals surface area (Å²) in [5.41, 5.74) is 7.03. The quantitative estimate of drug-likeness (QED) is 0.855. The number of thiocarbonyl (C=S) groups is 1. The lowest BCUT2D eigenvalue weighted by Gasteiger charge is -2.11. The minimum Gasteiger partial charge on any atom is -0.389 e. The van der Waals surface area contributed by atoms with E-state index in [1.807, 2.05) is 0 Å². The van der Waals surface area contributed by atoms with E-state index in [0.717, 1.165) is 12.1 Å². The molecule has 0 atom stereocenters. The largest absolute Gasteiger partial charge is 0.389 e. The Morgan fingerprint density at radius 2 is 1.95 bits per heavy atom. The molecule has 0 aliphatic rings. The lowest BCUT2D eigenvalue weighted by Crippen LogP contribution is -2.13. The van der Waals surface area contributed by atoms with Crippen molar-refractivity contribution >= 4 is 28.7 Å². The monoisotopic (exact) mass is 296 g/mol. The fraction of sp³-hybridized carbons (Fsp3) is 0.231. The third-order valence-corrected chi connectivity index (χ3v) is 3.17. The first-order chi connectivity index (χ1) is 9.31. The summed E-state index contributed by atoms with van der Waals surface area (Å²) in [6.45, 7) is 3.24. The predicted molar refractivity (Wildman–Crippen MR) is 78.2 cm³/mol. The maximum absolute atomic E-state index is 13.9. The van der Waals surface area contributed by atoms with Gasteiger partial charge in [-0.05, 0) is 25.5 Å². The molecule has 7 heteroatoms. The van der Waals surface area contributed by atoms with Crippen LogP contribution in [0.4, 0.5) is 20.3 Å². The molecule has 0 saturated carbocycles. The molecule has 0 radical (unpaired) electrons. The van der Waals surface area contributed by atoms with Crippen LogP contribution in [0.3, 0.4) is 0 Å². The van der Waals surface area contributed by atoms with Gasteiger partial charge in [-0.15, -0.1) is 0 Å². The van der Waals surface area contributed by atoms with E-state index < -0.39 is 11.6 Å². The van der Waals surface area contributed by atoms with Crippen molar-refractivity contribution in [1.29, 1.82) is 0 Å². The standard InChI is InChI=1S/C13H14F2N4S/c1-6-4-9(15)10(5-8(6)14)17-13-11(12(16)20)7(2)18-19(13)3/h4-5,17H,1-3H3,(H2,16,20). The number of halogens is 2. The van der Waals surface area contributed by atoms with Crippen molar-refractivity contribution in [3.05, 3.63) is 40.6 Å². The maximum Gasteiger partial charge on any atom is 0.147 e. The molecule has 2 aromatic rings. The van der Waals surface area contributed by atoms with Gasteiger partial charge in [0.25, 0.3) is 0 Å². The highest BCUT2D eigenvalue weighted by molar-refractivity contribution is 7.80. The molecular weight excluding hydrogens is 282 g/mol. The van der Waals surface area contributed by atoms with Gasteiger partial charge in [-0.2, -0.15) is 5.10 Å². The van der Waals surface area contributed by atoms with Crippen molar-refractivity contribution in [2.45, 2.75) is 13.8 Å². The molecule has 0 fully saturated rings. The summed E-state index contributed by atoms with van der Waals surface area (Å²) in [5.74, 6) is -0.626. The molecule has 1 aromatic carbocycles. The van der Waals surface area contributed by atoms with Crippen LogP contribution in [-0.4, -0.2) is 14.8 Å². The van der Waals surface area contributed by atoms with Gasteiger partial charge in [0.2, 0.25) is 0 Å². The number of aromatic nitrogens is 2. The van der Waals surface area contributed by atoms with Crippen LogP contribution in [0.2, 0.25) is 0 Å². The van der Waals surface area contributed by atoms with E-state index in [9.17, 15) is 8.78 Å². The average molecular weight is 296 g/mol. The highest BCUT2D eigenvalue weighted by Crippen LogP contribution is 2.26. The first kappa shape index (κ1) is 14.4. The lowest BCUT2D eigenvalue weighted by atomic mass is 10.2. The summed E-state index contributed by atoms with van der Waals surface area (Å²) >= 11 is 4.96. The van der Waals surface area contributed by atoms with Crippen LogP contribution < -0.4 is 11.1 Å². The second-order valence-corrected chi connectivity index (χ2v) is 4.94. The Morgan fingerprint density at radius 1 is 1.30 bits per heavy atom. The Balaban J connectivity index is 2.50. The van der Waals surface area contributed by atoms with Gasteiger partial charge in [0.1, 0.15) is 22.4 Å². The van der Waals surface area contributed by atoms with Crippen LogP contribution in [0, 0.1) is 25.5 Å². The summed E-state index contributed by atoms with van der Waals surface area (Å²) in [7, 11) is 1.67. The molecular formula is C13H14F2N4S. The zero-order valence-corrected chi connectivity index (χ0v) is 12.1. The predicted octanol–water partition coefficient (Wildman–Crippen LogP) is 2.69. The molecule has 20 heavy (non-hydrogen) atoms. The molecule has 0 aliphatic carbocycles. The minimum atomic E-state index is -0.559. The number of hydrogen-bond donors (Lipinski definition) is 2. The number of nitrogens with two attached hydrogens (primary N) is 1. The number of nitrogens with one attached hydrogen (secondary N) is 1. The summed E-state index contributed by atoms with van der Waals surface area (Å²) in [6, 6.07) is 2.22. The van der Waals surface area contributed by atoms with Crippen molar-refractivity contribution < 1.29 is 8.78 Å². The summed E-state index contributed by atoms with van der Waals surface area (Å²) in [5, 5.41) is 6.97. The number of rotatable bonds is 3. The molecule has 0 unspecified atom stereocenters. The molecule has 2 rings (SSSR count). The van der Waals surface area contributed by atoms with E-state index in [0.29, 0.717) is 17.1 Å². The highest BCUT2D eigenvalue weighted by atomic mass is 32.1. The summed E-state index contributed by atoms with van der Waals surface area (Å²) in [4.78, 5) is 0.145. The lowest BCUT2D eigenvalue weighted by molar-refractivity contribution is 0.595. The van der Waals surface area contributed by atoms with Gasteiger partial charge < -0.3 is 11.1 Å². The zero-order chi connectivity index (χ0) is 15.0. The molecule has 106 valence electrons. The average Bonchev–Trinajstić information content (AvgIpc) is 2.61. The van der Waals surface area contributed by atoms with Gasteiger partial charge in [-0.25, -0.2) is 8.78 Å². The third kappa shape index (κ3) is 2.49.